The van der Waals surface area contributed by atoms with Crippen LogP contribution in [0.3, 0.4) is 0 Å². The molecule has 0 amide bonds. The molecule has 2 N–H and O–H groups in total. The lowest BCUT2D eigenvalue weighted by molar-refractivity contribution is -0.165. The molecule has 1 aliphatic rings. The maximum atomic E-state index is 15.2. The summed E-state index contributed by atoms with van der Waals surface area (Å²) in [6, 6.07) is 1.48. The highest BCUT2D eigenvalue weighted by Crippen LogP contribution is 2.41. The molecule has 29 heavy (non-hydrogen) atoms. The van der Waals surface area contributed by atoms with E-state index in [1.54, 1.807) is 7.05 Å². The Morgan fingerprint density at radius 2 is 2.17 bits per heavy atom. The summed E-state index contributed by atoms with van der Waals surface area (Å²) in [4.78, 5) is 28.2. The van der Waals surface area contributed by atoms with Crippen molar-refractivity contribution < 1.29 is 23.8 Å². The van der Waals surface area contributed by atoms with Crippen LogP contribution in [0, 0.1) is 0 Å². The summed E-state index contributed by atoms with van der Waals surface area (Å²) in [5.74, 6) is -0.583. The minimum Gasteiger partial charge on any atom is -0.456 e. The van der Waals surface area contributed by atoms with E-state index in [4.69, 9.17) is 21.1 Å². The summed E-state index contributed by atoms with van der Waals surface area (Å²) in [5.41, 5.74) is -2.39. The van der Waals surface area contributed by atoms with Crippen molar-refractivity contribution in [2.45, 2.75) is 69.6 Å². The van der Waals surface area contributed by atoms with Crippen molar-refractivity contribution in [1.82, 2.24) is 9.55 Å². The van der Waals surface area contributed by atoms with Crippen LogP contribution in [0.25, 0.3) is 0 Å². The molecule has 4 atom stereocenters. The van der Waals surface area contributed by atoms with Crippen molar-refractivity contribution in [3.63, 3.8) is 0 Å². The fraction of sp³-hybridized carbons (Fsp3) is 0.737. The standard InChI is InChI=1S/C19H29ClFN3O5/c1-3-4-5-6-7-8-14(26)28-16-15(21)17(29-19(16,11-20)12-25)24-10-9-13(22-2)23-18(24)27/h9-10,15-17,25H,3-8,11-12H2,1-2H3,(H,22,23,27). The summed E-state index contributed by atoms with van der Waals surface area (Å²) < 4.78 is 27.2. The number of aliphatic hydroxyl groups excluding tert-OH is 1. The normalized spacial score (nSPS) is 26.4. The summed E-state index contributed by atoms with van der Waals surface area (Å²) in [7, 11) is 1.60. The number of unbranched alkanes of at least 4 members (excludes halogenated alkanes) is 4. The molecular weight excluding hydrogens is 405 g/mol. The number of alkyl halides is 2. The fourth-order valence-electron chi connectivity index (χ4n) is 3.29. The van der Waals surface area contributed by atoms with Gasteiger partial charge in [0.1, 0.15) is 11.4 Å². The lowest BCUT2D eigenvalue weighted by Gasteiger charge is -2.29. The van der Waals surface area contributed by atoms with Gasteiger partial charge in [-0.2, -0.15) is 4.98 Å². The molecule has 164 valence electrons. The number of aromatic nitrogens is 2. The molecular formula is C19H29ClFN3O5. The Morgan fingerprint density at radius 1 is 1.45 bits per heavy atom. The smallest absolute Gasteiger partial charge is 0.351 e. The van der Waals surface area contributed by atoms with Crippen molar-refractivity contribution >= 4 is 23.4 Å². The zero-order valence-corrected chi connectivity index (χ0v) is 17.5. The number of carbonyl (C=O) groups excluding carboxylic acids is 1. The Hall–Kier alpha value is -1.71. The maximum absolute atomic E-state index is 15.2. The number of esters is 1. The van der Waals surface area contributed by atoms with Gasteiger partial charge in [-0.3, -0.25) is 9.36 Å². The van der Waals surface area contributed by atoms with Gasteiger partial charge in [-0.15, -0.1) is 11.6 Å². The van der Waals surface area contributed by atoms with Crippen LogP contribution in [0.5, 0.6) is 0 Å². The van der Waals surface area contributed by atoms with Crippen LogP contribution in [-0.4, -0.2) is 58.0 Å². The van der Waals surface area contributed by atoms with Crippen LogP contribution >= 0.6 is 11.6 Å². The fourth-order valence-corrected chi connectivity index (χ4v) is 3.59. The molecule has 10 heteroatoms. The van der Waals surface area contributed by atoms with E-state index in [1.807, 2.05) is 0 Å². The predicted molar refractivity (Wildman–Crippen MR) is 107 cm³/mol. The van der Waals surface area contributed by atoms with Gasteiger partial charge < -0.3 is 19.9 Å². The Labute approximate surface area is 174 Å². The third kappa shape index (κ3) is 5.46. The molecule has 1 aromatic rings. The quantitative estimate of drug-likeness (QED) is 0.314. The molecule has 2 heterocycles. The van der Waals surface area contributed by atoms with Gasteiger partial charge >= 0.3 is 11.7 Å². The number of aliphatic hydroxyl groups is 1. The van der Waals surface area contributed by atoms with Crippen molar-refractivity contribution in [2.75, 3.05) is 24.9 Å². The van der Waals surface area contributed by atoms with Gasteiger partial charge in [-0.25, -0.2) is 9.18 Å². The molecule has 1 saturated heterocycles. The predicted octanol–water partition coefficient (Wildman–Crippen LogP) is 2.39. The molecule has 1 aliphatic heterocycles. The molecule has 4 unspecified atom stereocenters. The molecule has 0 radical (unpaired) electrons. The van der Waals surface area contributed by atoms with Crippen molar-refractivity contribution in [1.29, 1.82) is 0 Å². The Balaban J connectivity index is 2.14. The second-order valence-corrected chi connectivity index (χ2v) is 7.40. The monoisotopic (exact) mass is 433 g/mol. The van der Waals surface area contributed by atoms with Gasteiger partial charge in [0.05, 0.1) is 12.5 Å². The number of rotatable bonds is 11. The third-order valence-corrected chi connectivity index (χ3v) is 5.48. The molecule has 0 spiro atoms. The van der Waals surface area contributed by atoms with Gasteiger partial charge in [0, 0.05) is 19.7 Å². The number of carbonyl (C=O) groups is 1. The Morgan fingerprint density at radius 3 is 2.76 bits per heavy atom. The first-order chi connectivity index (χ1) is 13.9. The summed E-state index contributed by atoms with van der Waals surface area (Å²) in [6.07, 6.45) is 1.42. The maximum Gasteiger partial charge on any atom is 0.351 e. The van der Waals surface area contributed by atoms with E-state index in [0.717, 1.165) is 30.3 Å². The molecule has 8 nitrogen and oxygen atoms in total. The van der Waals surface area contributed by atoms with E-state index in [-0.39, 0.29) is 12.3 Å². The molecule has 0 saturated carbocycles. The van der Waals surface area contributed by atoms with Gasteiger partial charge in [-0.1, -0.05) is 32.6 Å². The van der Waals surface area contributed by atoms with Crippen LogP contribution in [-0.2, 0) is 14.3 Å². The molecule has 2 rings (SSSR count). The zero-order chi connectivity index (χ0) is 21.4. The van der Waals surface area contributed by atoms with E-state index in [0.29, 0.717) is 12.2 Å². The topological polar surface area (TPSA) is 103 Å². The third-order valence-electron chi connectivity index (χ3n) is 5.03. The number of nitrogens with zero attached hydrogens (tertiary/aromatic N) is 2. The van der Waals surface area contributed by atoms with Crippen molar-refractivity contribution in [3.05, 3.63) is 22.7 Å². The van der Waals surface area contributed by atoms with E-state index in [2.05, 4.69) is 17.2 Å². The largest absolute Gasteiger partial charge is 0.456 e. The van der Waals surface area contributed by atoms with Crippen LogP contribution < -0.4 is 11.0 Å². The van der Waals surface area contributed by atoms with E-state index < -0.39 is 42.4 Å². The Kier molecular flexibility index (Phi) is 8.85. The lowest BCUT2D eigenvalue weighted by atomic mass is 9.98. The zero-order valence-electron chi connectivity index (χ0n) is 16.8. The number of hydrogen-bond acceptors (Lipinski definition) is 7. The molecule has 1 aromatic heterocycles. The number of anilines is 1. The average Bonchev–Trinajstić information content (AvgIpc) is 3.00. The number of nitrogens with one attached hydrogen (secondary N) is 1. The van der Waals surface area contributed by atoms with E-state index >= 15 is 4.39 Å². The first-order valence-electron chi connectivity index (χ1n) is 9.87. The number of hydrogen-bond donors (Lipinski definition) is 2. The summed E-state index contributed by atoms with van der Waals surface area (Å²) in [6.45, 7) is 1.43. The summed E-state index contributed by atoms with van der Waals surface area (Å²) >= 11 is 5.95. The van der Waals surface area contributed by atoms with Crippen molar-refractivity contribution in [2.24, 2.45) is 0 Å². The van der Waals surface area contributed by atoms with Crippen LogP contribution in [0.1, 0.15) is 51.7 Å². The first kappa shape index (κ1) is 23.6. The molecule has 0 aromatic carbocycles. The van der Waals surface area contributed by atoms with Gasteiger partial charge in [0.25, 0.3) is 0 Å². The SMILES string of the molecule is CCCCCCCC(=O)OC1C(F)C(n2ccc(NC)nc2=O)OC1(CO)CCl. The van der Waals surface area contributed by atoms with Crippen LogP contribution in [0.15, 0.2) is 17.1 Å². The Bertz CT molecular complexity index is 728. The average molecular weight is 434 g/mol. The van der Waals surface area contributed by atoms with Gasteiger partial charge in [-0.05, 0) is 12.5 Å². The highest BCUT2D eigenvalue weighted by molar-refractivity contribution is 6.18. The number of halogens is 2. The summed E-state index contributed by atoms with van der Waals surface area (Å²) in [5, 5.41) is 12.5. The lowest BCUT2D eigenvalue weighted by Crippen LogP contribution is -2.49. The molecule has 0 bridgehead atoms. The second-order valence-electron chi connectivity index (χ2n) is 7.14. The highest BCUT2D eigenvalue weighted by Gasteiger charge is 2.58. The van der Waals surface area contributed by atoms with Crippen LogP contribution in [0.4, 0.5) is 10.2 Å². The van der Waals surface area contributed by atoms with E-state index in [9.17, 15) is 14.7 Å². The van der Waals surface area contributed by atoms with Gasteiger partial charge in [0.15, 0.2) is 18.5 Å². The van der Waals surface area contributed by atoms with Gasteiger partial charge in [0.2, 0.25) is 0 Å². The molecule has 0 aliphatic carbocycles. The van der Waals surface area contributed by atoms with Crippen molar-refractivity contribution in [3.8, 4) is 0 Å². The van der Waals surface area contributed by atoms with Crippen LogP contribution in [0.2, 0.25) is 0 Å². The first-order valence-corrected chi connectivity index (χ1v) is 10.4. The highest BCUT2D eigenvalue weighted by atomic mass is 35.5. The minimum atomic E-state index is -1.90. The molecule has 1 fully saturated rings. The van der Waals surface area contributed by atoms with E-state index in [1.165, 1.54) is 12.3 Å². The second kappa shape index (κ2) is 10.9. The minimum absolute atomic E-state index is 0.139. The number of ether oxygens (including phenoxy) is 2.